The molecule has 100 valence electrons. The number of fused-ring (bicyclic) bond motifs is 1. The van der Waals surface area contributed by atoms with E-state index in [1.807, 2.05) is 0 Å². The lowest BCUT2D eigenvalue weighted by atomic mass is 9.80. The summed E-state index contributed by atoms with van der Waals surface area (Å²) in [5.41, 5.74) is 3.08. The van der Waals surface area contributed by atoms with Gasteiger partial charge in [-0.3, -0.25) is 0 Å². The summed E-state index contributed by atoms with van der Waals surface area (Å²) in [6.07, 6.45) is 4.88. The van der Waals surface area contributed by atoms with E-state index >= 15 is 0 Å². The van der Waals surface area contributed by atoms with Crippen LogP contribution in [0.15, 0.2) is 24.3 Å². The third kappa shape index (κ3) is 3.33. The van der Waals surface area contributed by atoms with Gasteiger partial charge >= 0.3 is 0 Å². The Morgan fingerprint density at radius 2 is 2.11 bits per heavy atom. The summed E-state index contributed by atoms with van der Waals surface area (Å²) in [6, 6.07) is 9.37. The number of ether oxygens (including phenoxy) is 1. The van der Waals surface area contributed by atoms with Crippen molar-refractivity contribution in [2.24, 2.45) is 5.92 Å². The molecule has 1 aliphatic carbocycles. The maximum atomic E-state index is 5.38. The largest absolute Gasteiger partial charge is 0.383 e. The van der Waals surface area contributed by atoms with Gasteiger partial charge < -0.3 is 10.1 Å². The predicted octanol–water partition coefficient (Wildman–Crippen LogP) is 2.81. The normalized spacial score (nSPS) is 20.4. The van der Waals surface area contributed by atoms with Gasteiger partial charge in [0, 0.05) is 13.2 Å². The molecule has 1 aromatic rings. The second-order valence-electron chi connectivity index (χ2n) is 5.29. The van der Waals surface area contributed by atoms with Crippen LogP contribution < -0.4 is 5.32 Å². The predicted molar refractivity (Wildman–Crippen MR) is 75.9 cm³/mol. The van der Waals surface area contributed by atoms with Crippen molar-refractivity contribution in [3.05, 3.63) is 35.4 Å². The van der Waals surface area contributed by atoms with Gasteiger partial charge in [0.2, 0.25) is 0 Å². The Morgan fingerprint density at radius 1 is 1.33 bits per heavy atom. The molecule has 2 heteroatoms. The van der Waals surface area contributed by atoms with E-state index in [2.05, 4.69) is 36.5 Å². The maximum Gasteiger partial charge on any atom is 0.0618 e. The minimum atomic E-state index is 0.503. The average Bonchev–Trinajstić information content (AvgIpc) is 2.43. The first-order valence-corrected chi connectivity index (χ1v) is 7.14. The number of hydrogen-bond donors (Lipinski definition) is 1. The van der Waals surface area contributed by atoms with Crippen molar-refractivity contribution >= 4 is 0 Å². The fraction of sp³-hybridized carbons (Fsp3) is 0.625. The lowest BCUT2D eigenvalue weighted by Gasteiger charge is -2.32. The van der Waals surface area contributed by atoms with Crippen LogP contribution in [0.2, 0.25) is 0 Å². The van der Waals surface area contributed by atoms with Gasteiger partial charge in [0.15, 0.2) is 0 Å². The minimum absolute atomic E-state index is 0.503. The zero-order chi connectivity index (χ0) is 12.8. The smallest absolute Gasteiger partial charge is 0.0618 e. The molecule has 1 aliphatic rings. The van der Waals surface area contributed by atoms with E-state index < -0.39 is 0 Å². The summed E-state index contributed by atoms with van der Waals surface area (Å²) in [7, 11) is 1.80. The molecule has 0 bridgehead atoms. The Labute approximate surface area is 111 Å². The van der Waals surface area contributed by atoms with Gasteiger partial charge in [0.1, 0.15) is 0 Å². The Bertz CT molecular complexity index is 364. The highest BCUT2D eigenvalue weighted by atomic mass is 16.5. The third-order valence-electron chi connectivity index (χ3n) is 3.96. The fourth-order valence-corrected chi connectivity index (χ4v) is 2.94. The summed E-state index contributed by atoms with van der Waals surface area (Å²) in [4.78, 5) is 0. The number of rotatable bonds is 6. The molecule has 2 unspecified atom stereocenters. The molecular weight excluding hydrogens is 222 g/mol. The van der Waals surface area contributed by atoms with E-state index in [1.165, 1.54) is 31.2 Å². The van der Waals surface area contributed by atoms with Gasteiger partial charge in [-0.05, 0) is 49.3 Å². The Morgan fingerprint density at radius 3 is 2.83 bits per heavy atom. The summed E-state index contributed by atoms with van der Waals surface area (Å²) in [5.74, 6) is 0.714. The standard InChI is InChI=1S/C16H25NO/c1-3-10-17-16(12-18-2)15-9-8-13-6-4-5-7-14(13)11-15/h4-7,15-17H,3,8-12H2,1-2H3. The van der Waals surface area contributed by atoms with E-state index in [9.17, 15) is 0 Å². The van der Waals surface area contributed by atoms with Gasteiger partial charge in [0.05, 0.1) is 6.61 Å². The van der Waals surface area contributed by atoms with Crippen molar-refractivity contribution in [3.63, 3.8) is 0 Å². The Hall–Kier alpha value is -0.860. The average molecular weight is 247 g/mol. The molecule has 0 fully saturated rings. The molecule has 0 spiro atoms. The summed E-state index contributed by atoms with van der Waals surface area (Å²) in [6.45, 7) is 4.13. The highest BCUT2D eigenvalue weighted by molar-refractivity contribution is 5.30. The van der Waals surface area contributed by atoms with E-state index in [0.717, 1.165) is 13.2 Å². The molecule has 0 heterocycles. The highest BCUT2D eigenvalue weighted by Gasteiger charge is 2.25. The summed E-state index contributed by atoms with van der Waals surface area (Å²) in [5, 5.41) is 3.65. The monoisotopic (exact) mass is 247 g/mol. The molecule has 0 radical (unpaired) electrons. The van der Waals surface area contributed by atoms with E-state index in [-0.39, 0.29) is 0 Å². The number of nitrogens with one attached hydrogen (secondary N) is 1. The molecule has 0 saturated heterocycles. The second kappa shape index (κ2) is 6.91. The maximum absolute atomic E-state index is 5.38. The first-order valence-electron chi connectivity index (χ1n) is 7.14. The van der Waals surface area contributed by atoms with Crippen LogP contribution in [0, 0.1) is 5.92 Å². The zero-order valence-electron chi connectivity index (χ0n) is 11.6. The molecular formula is C16H25NO. The lowest BCUT2D eigenvalue weighted by molar-refractivity contribution is 0.134. The Kier molecular flexibility index (Phi) is 5.21. The van der Waals surface area contributed by atoms with Crippen LogP contribution in [-0.2, 0) is 17.6 Å². The Balaban J connectivity index is 2.00. The topological polar surface area (TPSA) is 21.3 Å². The van der Waals surface area contributed by atoms with Crippen LogP contribution in [0.5, 0.6) is 0 Å². The van der Waals surface area contributed by atoms with Crippen LogP contribution in [0.3, 0.4) is 0 Å². The van der Waals surface area contributed by atoms with Crippen molar-refractivity contribution in [2.45, 2.75) is 38.6 Å². The van der Waals surface area contributed by atoms with Gasteiger partial charge in [0.25, 0.3) is 0 Å². The van der Waals surface area contributed by atoms with Crippen molar-refractivity contribution in [1.29, 1.82) is 0 Å². The molecule has 0 aromatic heterocycles. The van der Waals surface area contributed by atoms with Crippen molar-refractivity contribution in [3.8, 4) is 0 Å². The fourth-order valence-electron chi connectivity index (χ4n) is 2.94. The van der Waals surface area contributed by atoms with Crippen molar-refractivity contribution < 1.29 is 4.74 Å². The minimum Gasteiger partial charge on any atom is -0.383 e. The van der Waals surface area contributed by atoms with E-state index in [1.54, 1.807) is 12.7 Å². The first-order chi connectivity index (χ1) is 8.85. The van der Waals surface area contributed by atoms with Crippen molar-refractivity contribution in [2.75, 3.05) is 20.3 Å². The van der Waals surface area contributed by atoms with E-state index in [0.29, 0.717) is 12.0 Å². The molecule has 0 amide bonds. The number of benzene rings is 1. The van der Waals surface area contributed by atoms with Crippen LogP contribution in [0.1, 0.15) is 30.9 Å². The van der Waals surface area contributed by atoms with Crippen LogP contribution >= 0.6 is 0 Å². The van der Waals surface area contributed by atoms with Crippen molar-refractivity contribution in [1.82, 2.24) is 5.32 Å². The van der Waals surface area contributed by atoms with Gasteiger partial charge in [-0.15, -0.1) is 0 Å². The van der Waals surface area contributed by atoms with Crippen LogP contribution in [0.25, 0.3) is 0 Å². The van der Waals surface area contributed by atoms with Gasteiger partial charge in [-0.25, -0.2) is 0 Å². The van der Waals surface area contributed by atoms with Gasteiger partial charge in [-0.2, -0.15) is 0 Å². The molecule has 18 heavy (non-hydrogen) atoms. The highest BCUT2D eigenvalue weighted by Crippen LogP contribution is 2.27. The molecule has 0 aliphatic heterocycles. The quantitative estimate of drug-likeness (QED) is 0.834. The van der Waals surface area contributed by atoms with Gasteiger partial charge in [-0.1, -0.05) is 31.2 Å². The molecule has 2 atom stereocenters. The SMILES string of the molecule is CCCNC(COC)C1CCc2ccccc2C1. The zero-order valence-corrected chi connectivity index (χ0v) is 11.6. The number of methoxy groups -OCH3 is 1. The van der Waals surface area contributed by atoms with Crippen LogP contribution in [-0.4, -0.2) is 26.3 Å². The molecule has 2 rings (SSSR count). The lowest BCUT2D eigenvalue weighted by Crippen LogP contribution is -2.42. The summed E-state index contributed by atoms with van der Waals surface area (Å²) >= 11 is 0. The third-order valence-corrected chi connectivity index (χ3v) is 3.96. The second-order valence-corrected chi connectivity index (χ2v) is 5.29. The first kappa shape index (κ1) is 13.6. The molecule has 0 saturated carbocycles. The van der Waals surface area contributed by atoms with Crippen LogP contribution in [0.4, 0.5) is 0 Å². The molecule has 1 aromatic carbocycles. The number of hydrogen-bond acceptors (Lipinski definition) is 2. The molecule has 2 nitrogen and oxygen atoms in total. The summed E-state index contributed by atoms with van der Waals surface area (Å²) < 4.78 is 5.38. The van der Waals surface area contributed by atoms with E-state index in [4.69, 9.17) is 4.74 Å². The number of aryl methyl sites for hydroxylation is 1. The molecule has 1 N–H and O–H groups in total.